The molecule has 0 saturated heterocycles. The second kappa shape index (κ2) is 23.8. The molecular formula is C96H104N8. The monoisotopic (exact) mass is 1370 g/mol. The van der Waals surface area contributed by atoms with Gasteiger partial charge in [0.05, 0.1) is 56.6 Å². The SMILES string of the molecule is CC(C)(C)c1cc(-c2c3nc(c4c5cc6[nH]c5c(c5nc(c(-c7cc(C(C)(C)C)cc(C(C)(C)C)c7)c7ccc(cc8nc(c6-c6cc(C(C)(C)C)cc(C(C)(C)C)c6)C=C8)[nH]7)C=C5)c5cc([nH]c54)c(-c4cc(C(C)(C)C)cc(C(C)(C)C)c4)c4nc(cc5ccc2[nH]5)C=C4)C=C3)cc(C(C)(C)C)c1. The number of fused-ring (bicyclic) bond motifs is 18. The van der Waals surface area contributed by atoms with Crippen molar-refractivity contribution in [2.75, 3.05) is 0 Å². The van der Waals surface area contributed by atoms with Crippen LogP contribution in [0.15, 0.2) is 121 Å². The minimum atomic E-state index is -0.162. The van der Waals surface area contributed by atoms with Gasteiger partial charge in [-0.15, -0.1) is 0 Å². The summed E-state index contributed by atoms with van der Waals surface area (Å²) in [6.45, 7) is 55.6. The van der Waals surface area contributed by atoms with Crippen LogP contribution in [0, 0.1) is 0 Å². The fourth-order valence-corrected chi connectivity index (χ4v) is 15.2. The quantitative estimate of drug-likeness (QED) is 0.141. The second-order valence-electron chi connectivity index (χ2n) is 38.3. The average Bonchev–Trinajstić information content (AvgIpc) is 1.55. The fraction of sp³-hybridized carbons (Fsp3) is 0.333. The third-order valence-corrected chi connectivity index (χ3v) is 21.7. The van der Waals surface area contributed by atoms with E-state index in [4.69, 9.17) is 19.9 Å². The molecule has 16 bridgehead atoms. The molecule has 8 heteroatoms. The minimum absolute atomic E-state index is 0.134. The highest BCUT2D eigenvalue weighted by molar-refractivity contribution is 6.29. The smallest absolute Gasteiger partial charge is 0.0738 e. The Hall–Kier alpha value is -9.92. The lowest BCUT2D eigenvalue weighted by molar-refractivity contribution is 0.568. The van der Waals surface area contributed by atoms with E-state index < -0.39 is 0 Å². The summed E-state index contributed by atoms with van der Waals surface area (Å²) in [5, 5.41) is 3.96. The topological polar surface area (TPSA) is 115 Å². The molecule has 0 spiro atoms. The van der Waals surface area contributed by atoms with Crippen LogP contribution < -0.4 is 0 Å². The van der Waals surface area contributed by atoms with E-state index in [9.17, 15) is 0 Å². The van der Waals surface area contributed by atoms with Crippen LogP contribution in [0.25, 0.3) is 159 Å². The van der Waals surface area contributed by atoms with Crippen LogP contribution in [-0.4, -0.2) is 39.9 Å². The fourth-order valence-electron chi connectivity index (χ4n) is 15.2. The molecule has 6 aromatic heterocycles. The summed E-state index contributed by atoms with van der Waals surface area (Å²) >= 11 is 0. The number of aromatic amines is 4. The van der Waals surface area contributed by atoms with Gasteiger partial charge in [0.2, 0.25) is 0 Å². The van der Waals surface area contributed by atoms with Crippen molar-refractivity contribution >= 4 is 114 Å². The molecule has 0 aliphatic carbocycles. The molecule has 4 aliphatic heterocycles. The number of nitrogens with one attached hydrogen (secondary N) is 4. The molecule has 0 unspecified atom stereocenters. The van der Waals surface area contributed by atoms with Crippen LogP contribution in [0.2, 0.25) is 0 Å². The normalized spacial score (nSPS) is 14.0. The Bertz CT molecular complexity index is 5420. The Morgan fingerprint density at radius 1 is 0.221 bits per heavy atom. The molecule has 10 heterocycles. The zero-order chi connectivity index (χ0) is 74.2. The maximum Gasteiger partial charge on any atom is 0.0738 e. The summed E-state index contributed by atoms with van der Waals surface area (Å²) in [6, 6.07) is 46.8. The number of H-pyrrole nitrogens is 4. The van der Waals surface area contributed by atoms with Gasteiger partial charge in [-0.05, 0) is 207 Å². The summed E-state index contributed by atoms with van der Waals surface area (Å²) < 4.78 is 0. The summed E-state index contributed by atoms with van der Waals surface area (Å²) in [4.78, 5) is 39.9. The molecule has 0 fully saturated rings. The summed E-state index contributed by atoms with van der Waals surface area (Å²) in [7, 11) is 0. The van der Waals surface area contributed by atoms with Crippen molar-refractivity contribution in [1.82, 2.24) is 39.9 Å². The Morgan fingerprint density at radius 3 is 0.731 bits per heavy atom. The first kappa shape index (κ1) is 69.8. The van der Waals surface area contributed by atoms with Crippen molar-refractivity contribution in [2.24, 2.45) is 0 Å². The molecule has 8 nitrogen and oxygen atoms in total. The van der Waals surface area contributed by atoms with Gasteiger partial charge in [0.25, 0.3) is 0 Å². The van der Waals surface area contributed by atoms with E-state index in [1.54, 1.807) is 0 Å². The predicted octanol–water partition coefficient (Wildman–Crippen LogP) is 26.4. The van der Waals surface area contributed by atoms with Gasteiger partial charge in [-0.3, -0.25) is 0 Å². The molecule has 0 radical (unpaired) electrons. The molecule has 0 amide bonds. The number of nitrogens with zero attached hydrogens (tertiary/aromatic N) is 4. The van der Waals surface area contributed by atoms with E-state index in [1.807, 2.05) is 0 Å². The maximum atomic E-state index is 6.02. The minimum Gasteiger partial charge on any atom is -0.355 e. The predicted molar refractivity (Wildman–Crippen MR) is 449 cm³/mol. The van der Waals surface area contributed by atoms with Gasteiger partial charge in [-0.2, -0.15) is 0 Å². The molecule has 15 rings (SSSR count). The largest absolute Gasteiger partial charge is 0.355 e. The number of rotatable bonds is 4. The Morgan fingerprint density at radius 2 is 0.462 bits per heavy atom. The Kier molecular flexibility index (Phi) is 16.0. The van der Waals surface area contributed by atoms with Crippen LogP contribution in [-0.2, 0) is 43.3 Å². The van der Waals surface area contributed by atoms with E-state index in [2.05, 4.69) is 356 Å². The molecule has 0 atom stereocenters. The molecule has 0 saturated carbocycles. The van der Waals surface area contributed by atoms with Crippen molar-refractivity contribution in [3.8, 4) is 44.5 Å². The van der Waals surface area contributed by atoms with Crippen molar-refractivity contribution in [3.05, 3.63) is 211 Å². The lowest BCUT2D eigenvalue weighted by Crippen LogP contribution is -2.16. The van der Waals surface area contributed by atoms with Crippen LogP contribution in [0.3, 0.4) is 0 Å². The van der Waals surface area contributed by atoms with E-state index in [-0.39, 0.29) is 43.3 Å². The van der Waals surface area contributed by atoms with E-state index in [1.165, 1.54) is 44.5 Å². The Labute approximate surface area is 615 Å². The number of benzene rings is 5. The first-order chi connectivity index (χ1) is 48.5. The van der Waals surface area contributed by atoms with Gasteiger partial charge in [0.15, 0.2) is 0 Å². The third kappa shape index (κ3) is 12.8. The first-order valence-electron chi connectivity index (χ1n) is 37.5. The average molecular weight is 1370 g/mol. The van der Waals surface area contributed by atoms with Gasteiger partial charge < -0.3 is 19.9 Å². The van der Waals surface area contributed by atoms with Gasteiger partial charge in [-0.1, -0.05) is 239 Å². The van der Waals surface area contributed by atoms with Crippen LogP contribution in [0.4, 0.5) is 0 Å². The summed E-state index contributed by atoms with van der Waals surface area (Å²) in [6.07, 6.45) is 17.8. The van der Waals surface area contributed by atoms with Crippen molar-refractivity contribution in [3.63, 3.8) is 0 Å². The maximum absolute atomic E-state index is 6.02. The standard InChI is InChI=1S/C96H104N8/c1-89(2,3)57-37-53(38-58(45-57)90(4,5)6)81-71-29-25-65(97-71)49-67-27-31-73(99-67)83(55-41-61(93(13,14)15)47-62(42-55)94(16,17)18)80-52-70-86-78-36-34-76(102-78)82(54-39-59(91(7,8)9)46-60(40-54)92(10,11)12)72-30-26-66(98-72)50-68-28-32-74(100-68)84(56-43-63(95(19,20)21)48-64(44-56)96(22,23)24)79-51-69(88(86)104-79)85(87(70)103-80)77-35-33-75(81)101-77/h25-52,97-98,103-104H,1-24H3. The van der Waals surface area contributed by atoms with Crippen molar-refractivity contribution < 1.29 is 0 Å². The van der Waals surface area contributed by atoms with E-state index in [0.717, 1.165) is 156 Å². The number of aromatic nitrogens is 8. The van der Waals surface area contributed by atoms with Gasteiger partial charge in [0, 0.05) is 76.9 Å². The molecule has 5 aromatic carbocycles. The van der Waals surface area contributed by atoms with Gasteiger partial charge >= 0.3 is 0 Å². The van der Waals surface area contributed by atoms with Crippen LogP contribution in [0.1, 0.15) is 256 Å². The zero-order valence-electron chi connectivity index (χ0n) is 66.0. The van der Waals surface area contributed by atoms with Crippen LogP contribution in [0.5, 0.6) is 0 Å². The molecular weight excluding hydrogens is 1270 g/mol. The zero-order valence-corrected chi connectivity index (χ0v) is 66.0. The van der Waals surface area contributed by atoms with Crippen molar-refractivity contribution in [2.45, 2.75) is 209 Å². The lowest BCUT2D eigenvalue weighted by atomic mass is 9.78. The highest BCUT2D eigenvalue weighted by Crippen LogP contribution is 2.48. The summed E-state index contributed by atoms with van der Waals surface area (Å²) in [5.41, 5.74) is 31.9. The van der Waals surface area contributed by atoms with Crippen LogP contribution >= 0.6 is 0 Å². The Balaban J connectivity index is 1.21. The number of hydrogen-bond donors (Lipinski definition) is 4. The first-order valence-corrected chi connectivity index (χ1v) is 37.5. The molecule has 104 heavy (non-hydrogen) atoms. The molecule has 4 aliphatic rings. The van der Waals surface area contributed by atoms with E-state index >= 15 is 0 Å². The lowest BCUT2D eigenvalue weighted by Gasteiger charge is -2.26. The highest BCUT2D eigenvalue weighted by Gasteiger charge is 2.31. The van der Waals surface area contributed by atoms with E-state index in [0.29, 0.717) is 0 Å². The second-order valence-corrected chi connectivity index (χ2v) is 38.3. The summed E-state index contributed by atoms with van der Waals surface area (Å²) in [5.74, 6) is 0. The van der Waals surface area contributed by atoms with Gasteiger partial charge in [-0.25, -0.2) is 19.9 Å². The van der Waals surface area contributed by atoms with Gasteiger partial charge in [0.1, 0.15) is 0 Å². The number of hydrogen-bond acceptors (Lipinski definition) is 4. The molecule has 528 valence electrons. The third-order valence-electron chi connectivity index (χ3n) is 21.7. The molecule has 11 aromatic rings. The molecule has 4 N–H and O–H groups in total. The highest BCUT2D eigenvalue weighted by atomic mass is 14.8. The van der Waals surface area contributed by atoms with Crippen molar-refractivity contribution in [1.29, 1.82) is 0 Å².